The number of nitro groups is 1. The summed E-state index contributed by atoms with van der Waals surface area (Å²) >= 11 is 0. The van der Waals surface area contributed by atoms with Crippen LogP contribution in [0.1, 0.15) is 1.43 Å². The van der Waals surface area contributed by atoms with Crippen molar-refractivity contribution >= 4 is 0 Å². The van der Waals surface area contributed by atoms with E-state index in [1.807, 2.05) is 0 Å². The summed E-state index contributed by atoms with van der Waals surface area (Å²) in [5.41, 5.74) is 0. The van der Waals surface area contributed by atoms with Gasteiger partial charge in [0.2, 0.25) is 0 Å². The summed E-state index contributed by atoms with van der Waals surface area (Å²) in [6.07, 6.45) is 0. The molecule has 0 fully saturated rings. The van der Waals surface area contributed by atoms with Crippen LogP contribution >= 0.6 is 0 Å². The summed E-state index contributed by atoms with van der Waals surface area (Å²) < 4.78 is 0. The van der Waals surface area contributed by atoms with E-state index in [1.165, 1.54) is 0 Å². The first kappa shape index (κ1) is 9.04. The molecule has 0 saturated carbocycles. The topological polar surface area (TPSA) is 43.1 Å². The van der Waals surface area contributed by atoms with Crippen molar-refractivity contribution in [3.05, 3.63) is 10.1 Å². The summed E-state index contributed by atoms with van der Waals surface area (Å²) in [7, 11) is 0.889. The van der Waals surface area contributed by atoms with Gasteiger partial charge in [0.1, 0.15) is 0 Å². The van der Waals surface area contributed by atoms with Gasteiger partial charge < -0.3 is 1.43 Å². The molecule has 0 aliphatic heterocycles. The summed E-state index contributed by atoms with van der Waals surface area (Å²) in [5.74, 6) is 0. The Labute approximate surface area is 53.3 Å². The zero-order valence-electron chi connectivity index (χ0n) is 4.26. The molecule has 0 aliphatic rings. The Morgan fingerprint density at radius 3 is 2.00 bits per heavy atom. The van der Waals surface area contributed by atoms with Crippen molar-refractivity contribution in [3.8, 4) is 0 Å². The first-order valence-electron chi connectivity index (χ1n) is 0.812. The van der Waals surface area contributed by atoms with Crippen LogP contribution in [0, 0.1) is 10.1 Å². The Morgan fingerprint density at radius 1 is 2.00 bits per heavy atom. The van der Waals surface area contributed by atoms with Crippen molar-refractivity contribution in [1.29, 1.82) is 0 Å². The smallest absolute Gasteiger partial charge is 1.00 e. The van der Waals surface area contributed by atoms with Crippen molar-refractivity contribution < 1.29 is 35.9 Å². The second-order valence-corrected chi connectivity index (χ2v) is 0.440. The van der Waals surface area contributed by atoms with Gasteiger partial charge in [-0.3, -0.25) is 10.1 Å². The molecule has 0 aliphatic carbocycles. The molecule has 0 radical (unpaired) electrons. The Balaban J connectivity index is -0.0000000450. The van der Waals surface area contributed by atoms with Gasteiger partial charge in [-0.15, -0.1) is 0 Å². The summed E-state index contributed by atoms with van der Waals surface area (Å²) in [5, 5.41) is 8.81. The quantitative estimate of drug-likeness (QED) is 0.179. The SMILES string of the molecule is C[N+](=O)[O-].[H-].[Na+]. The minimum atomic E-state index is -0.500. The summed E-state index contributed by atoms with van der Waals surface area (Å²) in [4.78, 5) is 8.31. The van der Waals surface area contributed by atoms with E-state index in [2.05, 4.69) is 0 Å². The standard InChI is InChI=1S/CH3NO2.Na.H/c1-2(3)4;;/h1H3;;/q;+1;-1. The number of hydrogen-bond acceptors (Lipinski definition) is 2. The molecule has 0 aromatic carbocycles. The van der Waals surface area contributed by atoms with Gasteiger partial charge in [-0.1, -0.05) is 0 Å². The first-order chi connectivity index (χ1) is 1.73. The number of hydrogen-bond donors (Lipinski definition) is 0. The minimum Gasteiger partial charge on any atom is -1.00 e. The van der Waals surface area contributed by atoms with E-state index < -0.39 is 4.92 Å². The molecule has 4 heteroatoms. The van der Waals surface area contributed by atoms with Crippen LogP contribution in [0.15, 0.2) is 0 Å². The Bertz CT molecular complexity index is 36.5. The second-order valence-electron chi connectivity index (χ2n) is 0.440. The Morgan fingerprint density at radius 2 is 2.00 bits per heavy atom. The molecule has 0 aromatic rings. The molecule has 3 nitrogen and oxygen atoms in total. The molecule has 0 spiro atoms. The van der Waals surface area contributed by atoms with Crippen LogP contribution in [-0.4, -0.2) is 12.0 Å². The molecule has 0 atom stereocenters. The van der Waals surface area contributed by atoms with E-state index in [1.54, 1.807) is 0 Å². The monoisotopic (exact) mass is 85.0 g/mol. The van der Waals surface area contributed by atoms with Gasteiger partial charge in [0.15, 0.2) is 7.05 Å². The largest absolute Gasteiger partial charge is 1.00 e. The van der Waals surface area contributed by atoms with Gasteiger partial charge in [0.25, 0.3) is 0 Å². The third kappa shape index (κ3) is 158. The Hall–Kier alpha value is 0.400. The molecule has 0 heterocycles. The Kier molecular flexibility index (Phi) is 7.96. The van der Waals surface area contributed by atoms with Crippen molar-refractivity contribution in [2.45, 2.75) is 0 Å². The zero-order chi connectivity index (χ0) is 3.58. The van der Waals surface area contributed by atoms with E-state index in [0.717, 1.165) is 7.05 Å². The van der Waals surface area contributed by atoms with Crippen molar-refractivity contribution in [1.82, 2.24) is 0 Å². The van der Waals surface area contributed by atoms with Crippen LogP contribution in [-0.2, 0) is 0 Å². The molecular formula is CH4NNaO2. The minimum absolute atomic E-state index is 0. The van der Waals surface area contributed by atoms with Gasteiger partial charge in [0, 0.05) is 4.92 Å². The normalized spacial score (nSPS) is 5.00. The molecule has 0 aromatic heterocycles. The van der Waals surface area contributed by atoms with Gasteiger partial charge in [-0.25, -0.2) is 0 Å². The van der Waals surface area contributed by atoms with Crippen molar-refractivity contribution in [3.63, 3.8) is 0 Å². The average molecular weight is 85.0 g/mol. The maximum atomic E-state index is 8.81. The molecule has 0 unspecified atom stereocenters. The third-order valence-corrected chi connectivity index (χ3v) is 0. The third-order valence-electron chi connectivity index (χ3n) is 0. The van der Waals surface area contributed by atoms with E-state index in [9.17, 15) is 0 Å². The van der Waals surface area contributed by atoms with Gasteiger partial charge in [-0.05, 0) is 0 Å². The molecule has 0 saturated heterocycles. The molecular weight excluding hydrogens is 81.0 g/mol. The molecule has 0 amide bonds. The van der Waals surface area contributed by atoms with Crippen molar-refractivity contribution in [2.75, 3.05) is 7.05 Å². The first-order valence-corrected chi connectivity index (χ1v) is 0.812. The maximum Gasteiger partial charge on any atom is 1.00 e. The molecule has 0 bridgehead atoms. The summed E-state index contributed by atoms with van der Waals surface area (Å²) in [6, 6.07) is 0. The zero-order valence-corrected chi connectivity index (χ0v) is 5.26. The van der Waals surface area contributed by atoms with E-state index in [4.69, 9.17) is 10.1 Å². The molecule has 0 rings (SSSR count). The van der Waals surface area contributed by atoms with Gasteiger partial charge in [-0.2, -0.15) is 0 Å². The molecule has 0 N–H and O–H groups in total. The maximum absolute atomic E-state index is 8.81. The van der Waals surface area contributed by atoms with E-state index >= 15 is 0 Å². The average Bonchev–Trinajstić information content (AvgIpc) is 0.811. The van der Waals surface area contributed by atoms with Crippen LogP contribution in [0.4, 0.5) is 0 Å². The van der Waals surface area contributed by atoms with Crippen LogP contribution in [0.2, 0.25) is 0 Å². The fourth-order valence-corrected chi connectivity index (χ4v) is 0. The van der Waals surface area contributed by atoms with Crippen LogP contribution in [0.25, 0.3) is 0 Å². The predicted molar refractivity (Wildman–Crippen MR) is 14.0 cm³/mol. The van der Waals surface area contributed by atoms with Crippen LogP contribution in [0.3, 0.4) is 0 Å². The van der Waals surface area contributed by atoms with Gasteiger partial charge >= 0.3 is 29.6 Å². The number of rotatable bonds is 0. The summed E-state index contributed by atoms with van der Waals surface area (Å²) in [6.45, 7) is 0. The fraction of sp³-hybridized carbons (Fsp3) is 1.00. The fourth-order valence-electron chi connectivity index (χ4n) is 0. The van der Waals surface area contributed by atoms with Crippen LogP contribution < -0.4 is 29.6 Å². The predicted octanol–water partition coefficient (Wildman–Crippen LogP) is -2.99. The molecule has 26 valence electrons. The van der Waals surface area contributed by atoms with Crippen molar-refractivity contribution in [2.24, 2.45) is 0 Å². The molecule has 5 heavy (non-hydrogen) atoms. The van der Waals surface area contributed by atoms with E-state index in [0.29, 0.717) is 0 Å². The van der Waals surface area contributed by atoms with Gasteiger partial charge in [0.05, 0.1) is 0 Å². The second kappa shape index (κ2) is 4.40. The number of nitrogens with zero attached hydrogens (tertiary/aromatic N) is 1. The van der Waals surface area contributed by atoms with Crippen LogP contribution in [0.5, 0.6) is 0 Å². The van der Waals surface area contributed by atoms with E-state index in [-0.39, 0.29) is 31.0 Å².